The van der Waals surface area contributed by atoms with Crippen LogP contribution in [0.4, 0.5) is 5.69 Å². The summed E-state index contributed by atoms with van der Waals surface area (Å²) in [6, 6.07) is 6.43. The first kappa shape index (κ1) is 14.0. The van der Waals surface area contributed by atoms with Crippen molar-refractivity contribution >= 4 is 23.5 Å². The Balaban J connectivity index is 1.98. The quantitative estimate of drug-likeness (QED) is 0.599. The van der Waals surface area contributed by atoms with Gasteiger partial charge in [0.2, 0.25) is 11.8 Å². The van der Waals surface area contributed by atoms with Gasteiger partial charge in [-0.1, -0.05) is 0 Å². The van der Waals surface area contributed by atoms with Gasteiger partial charge in [0.1, 0.15) is 5.75 Å². The lowest BCUT2D eigenvalue weighted by Gasteiger charge is -2.14. The molecule has 106 valence electrons. The standard InChI is InChI=1S/C14H15NO5/c1-2-19-14(18)9-20-11-5-3-10(4-6-11)15-12(16)7-8-13(15)17/h3-6H,2,7-9H2,1H3. The van der Waals surface area contributed by atoms with Crippen molar-refractivity contribution in [3.63, 3.8) is 0 Å². The SMILES string of the molecule is CCOC(=O)COc1ccc(N2C(=O)CCC2=O)cc1. The Morgan fingerprint density at radius 1 is 1.15 bits per heavy atom. The number of carbonyl (C=O) groups is 3. The molecule has 6 heteroatoms. The smallest absolute Gasteiger partial charge is 0.344 e. The molecule has 0 aromatic heterocycles. The van der Waals surface area contributed by atoms with Gasteiger partial charge in [-0.3, -0.25) is 14.5 Å². The summed E-state index contributed by atoms with van der Waals surface area (Å²) in [5, 5.41) is 0. The van der Waals surface area contributed by atoms with E-state index in [1.165, 1.54) is 0 Å². The van der Waals surface area contributed by atoms with Crippen LogP contribution in [0, 0.1) is 0 Å². The average Bonchev–Trinajstić information content (AvgIpc) is 2.77. The first-order valence-electron chi connectivity index (χ1n) is 6.36. The van der Waals surface area contributed by atoms with Crippen LogP contribution in [-0.2, 0) is 19.1 Å². The van der Waals surface area contributed by atoms with Crippen molar-refractivity contribution in [2.75, 3.05) is 18.1 Å². The highest BCUT2D eigenvalue weighted by Gasteiger charge is 2.30. The molecule has 1 fully saturated rings. The van der Waals surface area contributed by atoms with Crippen LogP contribution in [0.15, 0.2) is 24.3 Å². The summed E-state index contributed by atoms with van der Waals surface area (Å²) in [4.78, 5) is 35.4. The molecular weight excluding hydrogens is 262 g/mol. The summed E-state index contributed by atoms with van der Waals surface area (Å²) < 4.78 is 9.96. The van der Waals surface area contributed by atoms with Crippen LogP contribution in [0.25, 0.3) is 0 Å². The molecule has 0 spiro atoms. The molecule has 2 rings (SSSR count). The Bertz CT molecular complexity index is 507. The van der Waals surface area contributed by atoms with E-state index in [1.807, 2.05) is 0 Å². The van der Waals surface area contributed by atoms with E-state index in [-0.39, 0.29) is 31.3 Å². The zero-order chi connectivity index (χ0) is 14.5. The van der Waals surface area contributed by atoms with Crippen molar-refractivity contribution in [2.45, 2.75) is 19.8 Å². The van der Waals surface area contributed by atoms with Crippen LogP contribution < -0.4 is 9.64 Å². The van der Waals surface area contributed by atoms with E-state index in [2.05, 4.69) is 0 Å². The Morgan fingerprint density at radius 2 is 1.75 bits per heavy atom. The molecule has 0 unspecified atom stereocenters. The predicted molar refractivity (Wildman–Crippen MR) is 70.3 cm³/mol. The van der Waals surface area contributed by atoms with E-state index in [1.54, 1.807) is 31.2 Å². The fourth-order valence-electron chi connectivity index (χ4n) is 1.90. The number of amides is 2. The average molecular weight is 277 g/mol. The molecule has 1 aromatic carbocycles. The van der Waals surface area contributed by atoms with Gasteiger partial charge in [0.05, 0.1) is 12.3 Å². The third-order valence-corrected chi connectivity index (χ3v) is 2.81. The summed E-state index contributed by atoms with van der Waals surface area (Å²) in [6.45, 7) is 1.85. The lowest BCUT2D eigenvalue weighted by atomic mass is 10.3. The van der Waals surface area contributed by atoms with Crippen LogP contribution >= 0.6 is 0 Å². The maximum atomic E-state index is 11.6. The number of imide groups is 1. The third kappa shape index (κ3) is 3.14. The lowest BCUT2D eigenvalue weighted by molar-refractivity contribution is -0.145. The van der Waals surface area contributed by atoms with Crippen molar-refractivity contribution in [3.05, 3.63) is 24.3 Å². The van der Waals surface area contributed by atoms with E-state index in [4.69, 9.17) is 9.47 Å². The van der Waals surface area contributed by atoms with Crippen molar-refractivity contribution in [1.82, 2.24) is 0 Å². The number of hydrogen-bond donors (Lipinski definition) is 0. The van der Waals surface area contributed by atoms with Gasteiger partial charge < -0.3 is 9.47 Å². The maximum Gasteiger partial charge on any atom is 0.344 e. The second kappa shape index (κ2) is 6.18. The second-order valence-corrected chi connectivity index (χ2v) is 4.21. The Morgan fingerprint density at radius 3 is 2.30 bits per heavy atom. The van der Waals surface area contributed by atoms with E-state index < -0.39 is 5.97 Å². The minimum Gasteiger partial charge on any atom is -0.482 e. The Labute approximate surface area is 116 Å². The molecule has 0 saturated carbocycles. The molecule has 1 aliphatic rings. The van der Waals surface area contributed by atoms with E-state index >= 15 is 0 Å². The van der Waals surface area contributed by atoms with E-state index in [0.717, 1.165) is 4.90 Å². The van der Waals surface area contributed by atoms with E-state index in [9.17, 15) is 14.4 Å². The van der Waals surface area contributed by atoms with Gasteiger partial charge in [0, 0.05) is 12.8 Å². The number of ether oxygens (including phenoxy) is 2. The molecule has 1 aliphatic heterocycles. The predicted octanol–water partition coefficient (Wildman–Crippen LogP) is 1.28. The largest absolute Gasteiger partial charge is 0.482 e. The molecule has 6 nitrogen and oxygen atoms in total. The summed E-state index contributed by atoms with van der Waals surface area (Å²) >= 11 is 0. The fourth-order valence-corrected chi connectivity index (χ4v) is 1.90. The van der Waals surface area contributed by atoms with Crippen molar-refractivity contribution in [3.8, 4) is 5.75 Å². The summed E-state index contributed by atoms with van der Waals surface area (Å²) in [5.41, 5.74) is 0.515. The summed E-state index contributed by atoms with van der Waals surface area (Å²) in [6.07, 6.45) is 0.500. The number of hydrogen-bond acceptors (Lipinski definition) is 5. The van der Waals surface area contributed by atoms with Gasteiger partial charge in [-0.25, -0.2) is 4.79 Å². The second-order valence-electron chi connectivity index (χ2n) is 4.21. The highest BCUT2D eigenvalue weighted by molar-refractivity contribution is 6.19. The van der Waals surface area contributed by atoms with Crippen LogP contribution in [0.5, 0.6) is 5.75 Å². The first-order chi connectivity index (χ1) is 9.61. The molecule has 0 radical (unpaired) electrons. The molecule has 0 atom stereocenters. The summed E-state index contributed by atoms with van der Waals surface area (Å²) in [7, 11) is 0. The number of esters is 1. The topological polar surface area (TPSA) is 72.9 Å². The zero-order valence-electron chi connectivity index (χ0n) is 11.1. The third-order valence-electron chi connectivity index (χ3n) is 2.81. The van der Waals surface area contributed by atoms with Gasteiger partial charge in [0.15, 0.2) is 6.61 Å². The van der Waals surface area contributed by atoms with Crippen LogP contribution in [0.3, 0.4) is 0 Å². The van der Waals surface area contributed by atoms with Gasteiger partial charge in [-0.2, -0.15) is 0 Å². The number of benzene rings is 1. The molecule has 0 N–H and O–H groups in total. The molecule has 1 saturated heterocycles. The zero-order valence-corrected chi connectivity index (χ0v) is 11.1. The van der Waals surface area contributed by atoms with Crippen molar-refractivity contribution in [1.29, 1.82) is 0 Å². The first-order valence-corrected chi connectivity index (χ1v) is 6.36. The number of carbonyl (C=O) groups excluding carboxylic acids is 3. The molecule has 0 aliphatic carbocycles. The van der Waals surface area contributed by atoms with Crippen molar-refractivity contribution in [2.24, 2.45) is 0 Å². The number of rotatable bonds is 5. The van der Waals surface area contributed by atoms with Crippen LogP contribution in [0.1, 0.15) is 19.8 Å². The van der Waals surface area contributed by atoms with Crippen molar-refractivity contribution < 1.29 is 23.9 Å². The van der Waals surface area contributed by atoms with Gasteiger partial charge in [0.25, 0.3) is 0 Å². The highest BCUT2D eigenvalue weighted by Crippen LogP contribution is 2.24. The highest BCUT2D eigenvalue weighted by atomic mass is 16.6. The molecule has 20 heavy (non-hydrogen) atoms. The minimum absolute atomic E-state index is 0.172. The summed E-state index contributed by atoms with van der Waals surface area (Å²) in [5.74, 6) is -0.368. The molecule has 0 bridgehead atoms. The molecule has 2 amide bonds. The molecule has 1 heterocycles. The fraction of sp³-hybridized carbons (Fsp3) is 0.357. The van der Waals surface area contributed by atoms with Crippen LogP contribution in [-0.4, -0.2) is 31.0 Å². The van der Waals surface area contributed by atoms with Gasteiger partial charge in [-0.05, 0) is 31.2 Å². The van der Waals surface area contributed by atoms with Gasteiger partial charge in [-0.15, -0.1) is 0 Å². The van der Waals surface area contributed by atoms with E-state index in [0.29, 0.717) is 18.0 Å². The number of anilines is 1. The van der Waals surface area contributed by atoms with Crippen LogP contribution in [0.2, 0.25) is 0 Å². The monoisotopic (exact) mass is 277 g/mol. The Hall–Kier alpha value is -2.37. The minimum atomic E-state index is -0.443. The Kier molecular flexibility index (Phi) is 4.34. The normalized spacial score (nSPS) is 14.6. The maximum absolute atomic E-state index is 11.6. The number of nitrogens with zero attached hydrogens (tertiary/aromatic N) is 1. The molecular formula is C14H15NO5. The van der Waals surface area contributed by atoms with Gasteiger partial charge >= 0.3 is 5.97 Å². The lowest BCUT2D eigenvalue weighted by Crippen LogP contribution is -2.28. The molecule has 1 aromatic rings.